The van der Waals surface area contributed by atoms with Gasteiger partial charge in [-0.05, 0) is 54.8 Å². The third-order valence-corrected chi connectivity index (χ3v) is 4.96. The number of pyridine rings is 1. The Labute approximate surface area is 188 Å². The van der Waals surface area contributed by atoms with Crippen molar-refractivity contribution >= 4 is 5.91 Å². The number of amides is 1. The molecule has 6 nitrogen and oxygen atoms in total. The standard InChI is InChI=1S/C26H27N3O3/c1-18(2)25(32-24-13-5-4-9-21(24)16-27)26(30)29-19(3)20-10-8-12-23(15-20)31-17-22-11-6-7-14-28-22/h4-15,18-19,25H,17H2,1-3H3,(H,29,30). The molecule has 0 fully saturated rings. The third kappa shape index (κ3) is 6.08. The maximum absolute atomic E-state index is 13.0. The summed E-state index contributed by atoms with van der Waals surface area (Å²) in [7, 11) is 0. The number of nitrogens with one attached hydrogen (secondary N) is 1. The Morgan fingerprint density at radius 1 is 1.06 bits per heavy atom. The van der Waals surface area contributed by atoms with Crippen LogP contribution < -0.4 is 14.8 Å². The van der Waals surface area contributed by atoms with E-state index in [4.69, 9.17) is 9.47 Å². The number of ether oxygens (including phenoxy) is 2. The van der Waals surface area contributed by atoms with E-state index in [2.05, 4.69) is 16.4 Å². The van der Waals surface area contributed by atoms with E-state index >= 15 is 0 Å². The van der Waals surface area contributed by atoms with Crippen LogP contribution in [0.15, 0.2) is 72.9 Å². The van der Waals surface area contributed by atoms with Gasteiger partial charge in [0.25, 0.3) is 5.91 Å². The number of aromatic nitrogens is 1. The van der Waals surface area contributed by atoms with Crippen LogP contribution in [0.3, 0.4) is 0 Å². The van der Waals surface area contributed by atoms with Gasteiger partial charge in [0.2, 0.25) is 0 Å². The van der Waals surface area contributed by atoms with Crippen molar-refractivity contribution in [3.05, 3.63) is 89.7 Å². The summed E-state index contributed by atoms with van der Waals surface area (Å²) in [5, 5.41) is 12.3. The number of carbonyl (C=O) groups is 1. The van der Waals surface area contributed by atoms with Crippen LogP contribution in [0.25, 0.3) is 0 Å². The fraction of sp³-hybridized carbons (Fsp3) is 0.269. The fourth-order valence-electron chi connectivity index (χ4n) is 3.18. The Morgan fingerprint density at radius 3 is 2.56 bits per heavy atom. The maximum atomic E-state index is 13.0. The molecule has 32 heavy (non-hydrogen) atoms. The summed E-state index contributed by atoms with van der Waals surface area (Å²) in [5.74, 6) is 0.789. The van der Waals surface area contributed by atoms with Crippen molar-refractivity contribution in [3.63, 3.8) is 0 Å². The van der Waals surface area contributed by atoms with Crippen molar-refractivity contribution in [2.24, 2.45) is 5.92 Å². The average molecular weight is 430 g/mol. The van der Waals surface area contributed by atoms with Crippen LogP contribution in [0.5, 0.6) is 11.5 Å². The van der Waals surface area contributed by atoms with E-state index in [0.717, 1.165) is 11.3 Å². The fourth-order valence-corrected chi connectivity index (χ4v) is 3.18. The van der Waals surface area contributed by atoms with Gasteiger partial charge >= 0.3 is 0 Å². The van der Waals surface area contributed by atoms with Crippen LogP contribution in [0.1, 0.15) is 43.6 Å². The number of nitriles is 1. The summed E-state index contributed by atoms with van der Waals surface area (Å²) in [4.78, 5) is 17.3. The molecule has 0 aliphatic rings. The summed E-state index contributed by atoms with van der Waals surface area (Å²) in [5.41, 5.74) is 2.15. The van der Waals surface area contributed by atoms with Gasteiger partial charge in [-0.2, -0.15) is 5.26 Å². The molecule has 3 aromatic rings. The number of carbonyl (C=O) groups excluding carboxylic acids is 1. The van der Waals surface area contributed by atoms with Crippen molar-refractivity contribution in [1.29, 1.82) is 5.26 Å². The molecule has 164 valence electrons. The quantitative estimate of drug-likeness (QED) is 0.527. The lowest BCUT2D eigenvalue weighted by Gasteiger charge is -2.24. The zero-order valence-electron chi connectivity index (χ0n) is 18.5. The Bertz CT molecular complexity index is 1080. The highest BCUT2D eigenvalue weighted by molar-refractivity contribution is 5.82. The minimum absolute atomic E-state index is 0.0815. The molecule has 0 bridgehead atoms. The van der Waals surface area contributed by atoms with Gasteiger partial charge in [0.1, 0.15) is 24.2 Å². The predicted octanol–water partition coefficient (Wildman–Crippen LogP) is 4.81. The molecule has 0 spiro atoms. The highest BCUT2D eigenvalue weighted by atomic mass is 16.5. The van der Waals surface area contributed by atoms with E-state index in [1.54, 1.807) is 30.5 Å². The molecule has 1 N–H and O–H groups in total. The van der Waals surface area contributed by atoms with Gasteiger partial charge in [-0.25, -0.2) is 0 Å². The second kappa shape index (κ2) is 11.0. The van der Waals surface area contributed by atoms with E-state index in [-0.39, 0.29) is 17.9 Å². The molecule has 6 heteroatoms. The first-order chi connectivity index (χ1) is 15.5. The van der Waals surface area contributed by atoms with Crippen LogP contribution in [0.2, 0.25) is 0 Å². The molecule has 0 radical (unpaired) electrons. The van der Waals surface area contributed by atoms with Crippen LogP contribution in [0, 0.1) is 17.2 Å². The van der Waals surface area contributed by atoms with Crippen molar-refractivity contribution in [3.8, 4) is 17.6 Å². The van der Waals surface area contributed by atoms with Crippen molar-refractivity contribution < 1.29 is 14.3 Å². The molecule has 2 unspecified atom stereocenters. The summed E-state index contributed by atoms with van der Waals surface area (Å²) < 4.78 is 11.8. The Hall–Kier alpha value is -3.85. The van der Waals surface area contributed by atoms with Crippen molar-refractivity contribution in [1.82, 2.24) is 10.3 Å². The lowest BCUT2D eigenvalue weighted by molar-refractivity contribution is -0.130. The molecule has 1 aromatic heterocycles. The molecular formula is C26H27N3O3. The lowest BCUT2D eigenvalue weighted by atomic mass is 10.0. The Balaban J connectivity index is 1.66. The van der Waals surface area contributed by atoms with E-state index in [9.17, 15) is 10.1 Å². The van der Waals surface area contributed by atoms with Crippen LogP contribution in [-0.4, -0.2) is 17.0 Å². The van der Waals surface area contributed by atoms with Crippen LogP contribution in [-0.2, 0) is 11.4 Å². The topological polar surface area (TPSA) is 84.2 Å². The van der Waals surface area contributed by atoms with Gasteiger partial charge in [0, 0.05) is 6.20 Å². The lowest BCUT2D eigenvalue weighted by Crippen LogP contribution is -2.42. The molecule has 2 aromatic carbocycles. The molecule has 3 rings (SSSR count). The molecule has 0 aliphatic carbocycles. The molecule has 0 aliphatic heterocycles. The Morgan fingerprint density at radius 2 is 1.84 bits per heavy atom. The number of hydrogen-bond acceptors (Lipinski definition) is 5. The average Bonchev–Trinajstić information content (AvgIpc) is 2.82. The number of rotatable bonds is 9. The van der Waals surface area contributed by atoms with E-state index < -0.39 is 6.10 Å². The summed E-state index contributed by atoms with van der Waals surface area (Å²) in [6.45, 7) is 6.11. The monoisotopic (exact) mass is 429 g/mol. The SMILES string of the molecule is CC(NC(=O)C(Oc1ccccc1C#N)C(C)C)c1cccc(OCc2ccccn2)c1. The van der Waals surface area contributed by atoms with E-state index in [0.29, 0.717) is 23.7 Å². The summed E-state index contributed by atoms with van der Waals surface area (Å²) >= 11 is 0. The van der Waals surface area contributed by atoms with Gasteiger partial charge in [-0.15, -0.1) is 0 Å². The maximum Gasteiger partial charge on any atom is 0.261 e. The van der Waals surface area contributed by atoms with Gasteiger partial charge in [-0.3, -0.25) is 9.78 Å². The minimum Gasteiger partial charge on any atom is -0.487 e. The van der Waals surface area contributed by atoms with Crippen LogP contribution >= 0.6 is 0 Å². The van der Waals surface area contributed by atoms with Gasteiger partial charge in [0.15, 0.2) is 6.10 Å². The highest BCUT2D eigenvalue weighted by Gasteiger charge is 2.26. The zero-order valence-corrected chi connectivity index (χ0v) is 18.5. The van der Waals surface area contributed by atoms with Gasteiger partial charge < -0.3 is 14.8 Å². The number of para-hydroxylation sites is 1. The highest BCUT2D eigenvalue weighted by Crippen LogP contribution is 2.23. The largest absolute Gasteiger partial charge is 0.487 e. The van der Waals surface area contributed by atoms with E-state index in [1.165, 1.54) is 0 Å². The summed E-state index contributed by atoms with van der Waals surface area (Å²) in [6.07, 6.45) is 1.00. The summed E-state index contributed by atoms with van der Waals surface area (Å²) in [6, 6.07) is 22.1. The molecule has 0 saturated heterocycles. The third-order valence-electron chi connectivity index (χ3n) is 4.96. The first-order valence-electron chi connectivity index (χ1n) is 10.6. The van der Waals surface area contributed by atoms with E-state index in [1.807, 2.05) is 63.2 Å². The second-order valence-corrected chi connectivity index (χ2v) is 7.80. The normalized spacial score (nSPS) is 12.5. The first-order valence-corrected chi connectivity index (χ1v) is 10.6. The van der Waals surface area contributed by atoms with Gasteiger partial charge in [-0.1, -0.05) is 44.2 Å². The Kier molecular flexibility index (Phi) is 7.82. The molecular weight excluding hydrogens is 402 g/mol. The second-order valence-electron chi connectivity index (χ2n) is 7.80. The number of benzene rings is 2. The number of hydrogen-bond donors (Lipinski definition) is 1. The smallest absolute Gasteiger partial charge is 0.261 e. The zero-order chi connectivity index (χ0) is 22.9. The van der Waals surface area contributed by atoms with Crippen LogP contribution in [0.4, 0.5) is 0 Å². The molecule has 1 heterocycles. The first kappa shape index (κ1) is 22.8. The minimum atomic E-state index is -0.726. The molecule has 2 atom stereocenters. The number of nitrogens with zero attached hydrogens (tertiary/aromatic N) is 2. The molecule has 0 saturated carbocycles. The van der Waals surface area contributed by atoms with Crippen molar-refractivity contribution in [2.75, 3.05) is 0 Å². The molecule has 1 amide bonds. The van der Waals surface area contributed by atoms with Gasteiger partial charge in [0.05, 0.1) is 17.3 Å². The predicted molar refractivity (Wildman–Crippen MR) is 122 cm³/mol. The van der Waals surface area contributed by atoms with Crippen molar-refractivity contribution in [2.45, 2.75) is 39.5 Å².